The van der Waals surface area contributed by atoms with Crippen LogP contribution < -0.4 is 10.6 Å². The minimum Gasteiger partial charge on any atom is -0.322 e. The van der Waals surface area contributed by atoms with Crippen LogP contribution in [-0.2, 0) is 4.79 Å². The van der Waals surface area contributed by atoms with Crippen molar-refractivity contribution in [2.24, 2.45) is 0 Å². The van der Waals surface area contributed by atoms with Crippen molar-refractivity contribution in [2.45, 2.75) is 19.4 Å². The normalized spacial score (nSPS) is 11.2. The van der Waals surface area contributed by atoms with Gasteiger partial charge in [0.15, 0.2) is 5.82 Å². The maximum Gasteiger partial charge on any atom is 0.244 e. The molecule has 2 N–H and O–H groups in total. The molecule has 0 aliphatic heterocycles. The van der Waals surface area contributed by atoms with Crippen LogP contribution in [0.4, 0.5) is 5.69 Å². The van der Waals surface area contributed by atoms with Crippen LogP contribution in [0.1, 0.15) is 13.8 Å². The fraction of sp³-hybridized carbons (Fsp3) is 0.267. The lowest BCUT2D eigenvalue weighted by molar-refractivity contribution is -0.121. The van der Waals surface area contributed by atoms with Crippen molar-refractivity contribution in [2.75, 3.05) is 12.4 Å². The second-order valence-corrected chi connectivity index (χ2v) is 4.99. The molecule has 2 rings (SSSR count). The van der Waals surface area contributed by atoms with E-state index >= 15 is 0 Å². The Morgan fingerprint density at radius 2 is 1.70 bits per heavy atom. The monoisotopic (exact) mass is 270 g/mol. The fourth-order valence-electron chi connectivity index (χ4n) is 1.53. The topological polar surface area (TPSA) is 66.9 Å². The van der Waals surface area contributed by atoms with E-state index in [0.717, 1.165) is 5.56 Å². The Morgan fingerprint density at radius 3 is 2.25 bits per heavy atom. The Balaban J connectivity index is 2.12. The van der Waals surface area contributed by atoms with E-state index in [2.05, 4.69) is 20.6 Å². The van der Waals surface area contributed by atoms with Crippen molar-refractivity contribution < 1.29 is 4.79 Å². The Kier molecular flexibility index (Phi) is 4.10. The highest BCUT2D eigenvalue weighted by Gasteiger charge is 2.25. The van der Waals surface area contributed by atoms with Crippen LogP contribution in [0.15, 0.2) is 42.7 Å². The molecule has 0 radical (unpaired) electrons. The van der Waals surface area contributed by atoms with Gasteiger partial charge in [-0.1, -0.05) is 30.3 Å². The molecule has 5 heteroatoms. The Morgan fingerprint density at radius 1 is 1.10 bits per heavy atom. The van der Waals surface area contributed by atoms with Crippen LogP contribution in [0.3, 0.4) is 0 Å². The molecule has 2 aromatic rings. The zero-order valence-corrected chi connectivity index (χ0v) is 11.8. The maximum atomic E-state index is 12.0. The largest absolute Gasteiger partial charge is 0.322 e. The lowest BCUT2D eigenvalue weighted by Crippen LogP contribution is -2.47. The van der Waals surface area contributed by atoms with Gasteiger partial charge in [-0.05, 0) is 20.9 Å². The lowest BCUT2D eigenvalue weighted by atomic mass is 10.1. The molecule has 1 aromatic carbocycles. The first kappa shape index (κ1) is 14.1. The maximum absolute atomic E-state index is 12.0. The summed E-state index contributed by atoms with van der Waals surface area (Å²) in [6.07, 6.45) is 3.22. The molecule has 0 spiro atoms. The second-order valence-electron chi connectivity index (χ2n) is 4.99. The predicted octanol–water partition coefficient (Wildman–Crippen LogP) is 2.08. The van der Waals surface area contributed by atoms with Gasteiger partial charge in [0.2, 0.25) is 5.91 Å². The van der Waals surface area contributed by atoms with E-state index in [9.17, 15) is 4.79 Å². The van der Waals surface area contributed by atoms with Gasteiger partial charge in [0, 0.05) is 5.56 Å². The summed E-state index contributed by atoms with van der Waals surface area (Å²) < 4.78 is 0. The fourth-order valence-corrected chi connectivity index (χ4v) is 1.53. The smallest absolute Gasteiger partial charge is 0.244 e. The highest BCUT2D eigenvalue weighted by Crippen LogP contribution is 2.15. The van der Waals surface area contributed by atoms with Gasteiger partial charge in [-0.2, -0.15) is 0 Å². The van der Waals surface area contributed by atoms with Crippen LogP contribution in [0.5, 0.6) is 0 Å². The third-order valence-corrected chi connectivity index (χ3v) is 3.13. The molecule has 1 aromatic heterocycles. The molecule has 0 atom stereocenters. The van der Waals surface area contributed by atoms with E-state index in [0.29, 0.717) is 11.5 Å². The molecule has 1 heterocycles. The van der Waals surface area contributed by atoms with Crippen molar-refractivity contribution in [3.8, 4) is 11.4 Å². The number of benzene rings is 1. The molecule has 5 nitrogen and oxygen atoms in total. The van der Waals surface area contributed by atoms with Crippen LogP contribution in [-0.4, -0.2) is 28.5 Å². The zero-order chi connectivity index (χ0) is 14.6. The van der Waals surface area contributed by atoms with Gasteiger partial charge in [-0.3, -0.25) is 4.79 Å². The SMILES string of the molecule is CNC(C)(C)C(=O)Nc1cnc(-c2ccccc2)nc1. The first-order chi connectivity index (χ1) is 9.53. The number of likely N-dealkylation sites (N-methyl/N-ethyl adjacent to an activating group) is 1. The molecular weight excluding hydrogens is 252 g/mol. The number of aromatic nitrogens is 2. The van der Waals surface area contributed by atoms with Gasteiger partial charge < -0.3 is 10.6 Å². The number of amides is 1. The molecule has 1 amide bonds. The van der Waals surface area contributed by atoms with Crippen LogP contribution in [0.25, 0.3) is 11.4 Å². The van der Waals surface area contributed by atoms with Crippen molar-refractivity contribution in [3.63, 3.8) is 0 Å². The standard InChI is InChI=1S/C15H18N4O/c1-15(2,16-3)14(20)19-12-9-17-13(18-10-12)11-7-5-4-6-8-11/h4-10,16H,1-3H3,(H,19,20). The van der Waals surface area contributed by atoms with Crippen LogP contribution >= 0.6 is 0 Å². The summed E-state index contributed by atoms with van der Waals surface area (Å²) in [6.45, 7) is 3.61. The zero-order valence-electron chi connectivity index (χ0n) is 11.8. The van der Waals surface area contributed by atoms with Gasteiger partial charge in [0.25, 0.3) is 0 Å². The number of hydrogen-bond acceptors (Lipinski definition) is 4. The molecule has 0 bridgehead atoms. The predicted molar refractivity (Wildman–Crippen MR) is 79.2 cm³/mol. The number of rotatable bonds is 4. The summed E-state index contributed by atoms with van der Waals surface area (Å²) in [4.78, 5) is 20.5. The molecule has 104 valence electrons. The van der Waals surface area contributed by atoms with Gasteiger partial charge in [0.1, 0.15) is 0 Å². The molecule has 0 unspecified atom stereocenters. The molecular formula is C15H18N4O. The van der Waals surface area contributed by atoms with E-state index in [1.807, 2.05) is 44.2 Å². The quantitative estimate of drug-likeness (QED) is 0.892. The minimum absolute atomic E-state index is 0.129. The molecule has 0 saturated heterocycles. The first-order valence-corrected chi connectivity index (χ1v) is 6.41. The number of nitrogens with one attached hydrogen (secondary N) is 2. The number of nitrogens with zero attached hydrogens (tertiary/aromatic N) is 2. The average molecular weight is 270 g/mol. The average Bonchev–Trinajstić information content (AvgIpc) is 2.49. The summed E-state index contributed by atoms with van der Waals surface area (Å²) in [6, 6.07) is 9.70. The summed E-state index contributed by atoms with van der Waals surface area (Å²) in [5, 5.41) is 5.73. The molecule has 20 heavy (non-hydrogen) atoms. The second kappa shape index (κ2) is 5.79. The molecule has 0 fully saturated rings. The van der Waals surface area contributed by atoms with Crippen LogP contribution in [0.2, 0.25) is 0 Å². The van der Waals surface area contributed by atoms with E-state index in [4.69, 9.17) is 0 Å². The minimum atomic E-state index is -0.641. The van der Waals surface area contributed by atoms with Crippen molar-refractivity contribution >= 4 is 11.6 Å². The van der Waals surface area contributed by atoms with Gasteiger partial charge in [-0.25, -0.2) is 9.97 Å². The van der Waals surface area contributed by atoms with Crippen molar-refractivity contribution in [1.29, 1.82) is 0 Å². The van der Waals surface area contributed by atoms with E-state index in [1.54, 1.807) is 19.4 Å². The summed E-state index contributed by atoms with van der Waals surface area (Å²) >= 11 is 0. The van der Waals surface area contributed by atoms with E-state index in [1.165, 1.54) is 0 Å². The highest BCUT2D eigenvalue weighted by atomic mass is 16.2. The first-order valence-electron chi connectivity index (χ1n) is 6.41. The lowest BCUT2D eigenvalue weighted by Gasteiger charge is -2.22. The highest BCUT2D eigenvalue weighted by molar-refractivity contribution is 5.97. The number of anilines is 1. The van der Waals surface area contributed by atoms with Gasteiger partial charge >= 0.3 is 0 Å². The Bertz CT molecular complexity index is 579. The molecule has 0 saturated carbocycles. The summed E-state index contributed by atoms with van der Waals surface area (Å²) in [5.41, 5.74) is 0.886. The third kappa shape index (κ3) is 3.19. The van der Waals surface area contributed by atoms with E-state index < -0.39 is 5.54 Å². The summed E-state index contributed by atoms with van der Waals surface area (Å²) in [5.74, 6) is 0.507. The Hall–Kier alpha value is -2.27. The van der Waals surface area contributed by atoms with Crippen molar-refractivity contribution in [3.05, 3.63) is 42.7 Å². The van der Waals surface area contributed by atoms with Gasteiger partial charge in [-0.15, -0.1) is 0 Å². The number of hydrogen-bond donors (Lipinski definition) is 2. The van der Waals surface area contributed by atoms with Crippen LogP contribution in [0, 0.1) is 0 Å². The molecule has 0 aliphatic carbocycles. The van der Waals surface area contributed by atoms with Crippen molar-refractivity contribution in [1.82, 2.24) is 15.3 Å². The summed E-state index contributed by atoms with van der Waals surface area (Å²) in [7, 11) is 1.74. The third-order valence-electron chi connectivity index (χ3n) is 3.13. The molecule has 0 aliphatic rings. The van der Waals surface area contributed by atoms with E-state index in [-0.39, 0.29) is 5.91 Å². The van der Waals surface area contributed by atoms with Gasteiger partial charge in [0.05, 0.1) is 23.6 Å². The number of carbonyl (C=O) groups is 1. The number of carbonyl (C=O) groups excluding carboxylic acids is 1. The Labute approximate surface area is 118 Å².